The van der Waals surface area contributed by atoms with Crippen LogP contribution in [0.1, 0.15) is 39.6 Å². The Hall–Kier alpha value is -3.36. The minimum atomic E-state index is -3.93. The van der Waals surface area contributed by atoms with Gasteiger partial charge in [-0.25, -0.2) is 24.1 Å². The van der Waals surface area contributed by atoms with Gasteiger partial charge in [-0.1, -0.05) is 33.8 Å². The molecule has 39 heavy (non-hydrogen) atoms. The van der Waals surface area contributed by atoms with E-state index in [9.17, 15) is 13.2 Å². The second kappa shape index (κ2) is 12.2. The molecule has 1 amide bonds. The van der Waals surface area contributed by atoms with Gasteiger partial charge in [-0.3, -0.25) is 4.72 Å². The molecule has 1 atom stereocenters. The van der Waals surface area contributed by atoms with Crippen molar-refractivity contribution >= 4 is 39.3 Å². The molecule has 3 rings (SSSR count). The van der Waals surface area contributed by atoms with Gasteiger partial charge in [0.15, 0.2) is 5.82 Å². The largest absolute Gasteiger partial charge is 0.453 e. The first-order chi connectivity index (χ1) is 18.3. The fourth-order valence-electron chi connectivity index (χ4n) is 3.30. The lowest BCUT2D eigenvalue weighted by molar-refractivity contribution is 0.168. The normalized spacial score (nSPS) is 12.7. The molecule has 3 N–H and O–H groups in total. The molecule has 14 heteroatoms. The van der Waals surface area contributed by atoms with Crippen LogP contribution in [-0.4, -0.2) is 67.1 Å². The number of nitrogens with zero attached hydrogens (tertiary/aromatic N) is 4. The van der Waals surface area contributed by atoms with E-state index in [1.54, 1.807) is 38.2 Å². The smallest absolute Gasteiger partial charge is 0.407 e. The number of thiazole rings is 1. The highest BCUT2D eigenvalue weighted by Crippen LogP contribution is 2.42. The molecule has 0 saturated heterocycles. The summed E-state index contributed by atoms with van der Waals surface area (Å²) in [6.07, 6.45) is 1.03. The number of hydrogen-bond donors (Lipinski definition) is 3. The number of nitrogens with one attached hydrogen (secondary N) is 3. The van der Waals surface area contributed by atoms with Crippen LogP contribution in [0.2, 0.25) is 0 Å². The zero-order valence-electron chi connectivity index (χ0n) is 23.0. The summed E-state index contributed by atoms with van der Waals surface area (Å²) in [5, 5.41) is 6.49. The molecule has 11 nitrogen and oxygen atoms in total. The zero-order valence-corrected chi connectivity index (χ0v) is 24.6. The van der Waals surface area contributed by atoms with Gasteiger partial charge in [0.2, 0.25) is 5.95 Å². The van der Waals surface area contributed by atoms with Crippen molar-refractivity contribution in [3.63, 3.8) is 0 Å². The van der Waals surface area contributed by atoms with Crippen molar-refractivity contribution in [2.75, 3.05) is 37.3 Å². The highest BCUT2D eigenvalue weighted by Gasteiger charge is 2.27. The molecule has 0 unspecified atom stereocenters. The van der Waals surface area contributed by atoms with Gasteiger partial charge < -0.3 is 15.4 Å². The van der Waals surface area contributed by atoms with Crippen molar-refractivity contribution in [1.29, 1.82) is 0 Å². The minimum absolute atomic E-state index is 0.139. The molecule has 2 heterocycles. The number of rotatable bonds is 10. The highest BCUT2D eigenvalue weighted by atomic mass is 32.2. The molecule has 0 aliphatic heterocycles. The van der Waals surface area contributed by atoms with E-state index in [0.717, 1.165) is 9.31 Å². The van der Waals surface area contributed by atoms with E-state index in [1.165, 1.54) is 31.6 Å². The van der Waals surface area contributed by atoms with Crippen LogP contribution in [0, 0.1) is 5.82 Å². The Morgan fingerprint density at radius 2 is 1.95 bits per heavy atom. The predicted octanol–water partition coefficient (Wildman–Crippen LogP) is 4.47. The van der Waals surface area contributed by atoms with Crippen LogP contribution in [0.25, 0.3) is 21.8 Å². The summed E-state index contributed by atoms with van der Waals surface area (Å²) in [6.45, 7) is 10.1. The number of anilines is 2. The Balaban J connectivity index is 2.03. The van der Waals surface area contributed by atoms with Gasteiger partial charge in [-0.15, -0.1) is 11.3 Å². The first kappa shape index (κ1) is 30.2. The van der Waals surface area contributed by atoms with E-state index in [-0.39, 0.29) is 29.3 Å². The molecule has 0 bridgehead atoms. The van der Waals surface area contributed by atoms with Crippen molar-refractivity contribution in [1.82, 2.24) is 24.6 Å². The fraction of sp³-hybridized carbons (Fsp3) is 0.440. The fourth-order valence-corrected chi connectivity index (χ4v) is 5.34. The third-order valence-corrected chi connectivity index (χ3v) is 8.68. The number of benzene rings is 1. The van der Waals surface area contributed by atoms with Crippen molar-refractivity contribution in [3.8, 4) is 21.8 Å². The van der Waals surface area contributed by atoms with Gasteiger partial charge in [0.1, 0.15) is 0 Å². The lowest BCUT2D eigenvalue weighted by Crippen LogP contribution is -2.37. The molecular weight excluding hydrogens is 545 g/mol. The van der Waals surface area contributed by atoms with E-state index in [1.807, 2.05) is 20.8 Å². The molecule has 0 aliphatic rings. The first-order valence-electron chi connectivity index (χ1n) is 12.2. The van der Waals surface area contributed by atoms with Crippen molar-refractivity contribution < 1.29 is 22.3 Å². The predicted molar refractivity (Wildman–Crippen MR) is 152 cm³/mol. The summed E-state index contributed by atoms with van der Waals surface area (Å²) in [7, 11) is -1.23. The van der Waals surface area contributed by atoms with Crippen LogP contribution in [0.15, 0.2) is 30.5 Å². The number of ether oxygens (including phenoxy) is 1. The van der Waals surface area contributed by atoms with Crippen LogP contribution in [0.4, 0.5) is 20.8 Å². The first-order valence-corrected chi connectivity index (χ1v) is 14.5. The van der Waals surface area contributed by atoms with Crippen LogP contribution in [0.3, 0.4) is 0 Å². The van der Waals surface area contributed by atoms with Crippen LogP contribution < -0.4 is 15.4 Å². The molecule has 0 saturated carbocycles. The summed E-state index contributed by atoms with van der Waals surface area (Å²) < 4.78 is 48.9. The third kappa shape index (κ3) is 7.40. The molecule has 0 radical (unpaired) electrons. The number of carbonyl (C=O) groups excluding carboxylic acids is 1. The Morgan fingerprint density at radius 1 is 1.23 bits per heavy atom. The van der Waals surface area contributed by atoms with Crippen molar-refractivity contribution in [2.24, 2.45) is 0 Å². The van der Waals surface area contributed by atoms with Gasteiger partial charge in [0.25, 0.3) is 0 Å². The molecule has 0 fully saturated rings. The lowest BCUT2D eigenvalue weighted by atomic mass is 9.98. The van der Waals surface area contributed by atoms with Gasteiger partial charge >= 0.3 is 16.3 Å². The van der Waals surface area contributed by atoms with E-state index in [4.69, 9.17) is 4.98 Å². The second-order valence-electron chi connectivity index (χ2n) is 9.82. The van der Waals surface area contributed by atoms with Crippen LogP contribution in [0.5, 0.6) is 0 Å². The number of aromatic nitrogens is 3. The average Bonchev–Trinajstić information content (AvgIpc) is 3.34. The molecule has 3 aromatic rings. The maximum absolute atomic E-state index is 15.8. The number of halogens is 1. The SMILES string of the molecule is CCN(C)S(=O)(=O)Nc1cccc(-c2nc(C(C)(C)C)sc2-c2ccnc(NC[C@H](C)NC(=O)OC)n2)c1F. The quantitative estimate of drug-likeness (QED) is 0.320. The minimum Gasteiger partial charge on any atom is -0.453 e. The lowest BCUT2D eigenvalue weighted by Gasteiger charge is -2.17. The Kier molecular flexibility index (Phi) is 9.46. The maximum atomic E-state index is 15.8. The van der Waals surface area contributed by atoms with E-state index >= 15 is 4.39 Å². The molecular formula is C25H34FN7O4S2. The maximum Gasteiger partial charge on any atom is 0.407 e. The summed E-state index contributed by atoms with van der Waals surface area (Å²) in [4.78, 5) is 25.7. The van der Waals surface area contributed by atoms with Gasteiger partial charge in [0, 0.05) is 43.4 Å². The number of amides is 1. The van der Waals surface area contributed by atoms with Crippen molar-refractivity contribution in [2.45, 2.75) is 46.1 Å². The second-order valence-corrected chi connectivity index (χ2v) is 12.6. The van der Waals surface area contributed by atoms with E-state index in [2.05, 4.69) is 30.1 Å². The molecule has 0 aliphatic carbocycles. The zero-order chi connectivity index (χ0) is 29.0. The van der Waals surface area contributed by atoms with E-state index < -0.39 is 22.1 Å². The summed E-state index contributed by atoms with van der Waals surface area (Å²) in [5.74, 6) is -0.431. The topological polar surface area (TPSA) is 138 Å². The van der Waals surface area contributed by atoms with Gasteiger partial charge in [0.05, 0.1) is 34.1 Å². The highest BCUT2D eigenvalue weighted by molar-refractivity contribution is 7.90. The average molecular weight is 580 g/mol. The summed E-state index contributed by atoms with van der Waals surface area (Å²) >= 11 is 1.38. The molecule has 0 spiro atoms. The van der Waals surface area contributed by atoms with Gasteiger partial charge in [-0.05, 0) is 25.1 Å². The Bertz CT molecular complexity index is 1420. The molecule has 212 valence electrons. The van der Waals surface area contributed by atoms with Crippen molar-refractivity contribution in [3.05, 3.63) is 41.3 Å². The Labute approximate surface area is 232 Å². The summed E-state index contributed by atoms with van der Waals surface area (Å²) in [5.41, 5.74) is 0.486. The Morgan fingerprint density at radius 3 is 2.59 bits per heavy atom. The molecule has 2 aromatic heterocycles. The number of carbonyl (C=O) groups is 1. The standard InChI is InChI=1S/C25H34FN7O4S2/c1-8-33(6)39(35,36)32-17-11-9-10-16(19(17)26)20-21(38-22(31-20)25(3,4)5)18-12-13-27-23(30-18)28-14-15(2)29-24(34)37-7/h9-13,15,32H,8,14H2,1-7H3,(H,29,34)(H,27,28,30)/t15-/m0/s1. The number of methoxy groups -OCH3 is 1. The van der Waals surface area contributed by atoms with E-state index in [0.29, 0.717) is 28.8 Å². The van der Waals surface area contributed by atoms with Crippen LogP contribution in [-0.2, 0) is 20.4 Å². The number of alkyl carbamates (subject to hydrolysis) is 1. The third-order valence-electron chi connectivity index (χ3n) is 5.62. The molecule has 1 aromatic carbocycles. The summed E-state index contributed by atoms with van der Waals surface area (Å²) in [6, 6.07) is 5.94. The monoisotopic (exact) mass is 579 g/mol. The van der Waals surface area contributed by atoms with Crippen LogP contribution >= 0.6 is 11.3 Å². The number of hydrogen-bond acceptors (Lipinski definition) is 9. The van der Waals surface area contributed by atoms with Gasteiger partial charge in [-0.2, -0.15) is 12.7 Å².